The lowest BCUT2D eigenvalue weighted by atomic mass is 10.1. The van der Waals surface area contributed by atoms with Gasteiger partial charge in [0.15, 0.2) is 13.2 Å². The molecule has 2 aromatic carbocycles. The number of nitrogens with two attached hydrogens (primary N) is 1. The molecule has 7 heteroatoms. The summed E-state index contributed by atoms with van der Waals surface area (Å²) in [6.07, 6.45) is 0. The minimum absolute atomic E-state index is 0.165. The highest BCUT2D eigenvalue weighted by Crippen LogP contribution is 2.21. The molecule has 2 N–H and O–H groups in total. The Bertz CT molecular complexity index is 883. The summed E-state index contributed by atoms with van der Waals surface area (Å²) in [5, 5.41) is 3.96. The summed E-state index contributed by atoms with van der Waals surface area (Å²) in [6.45, 7) is 4.06. The van der Waals surface area contributed by atoms with Crippen molar-refractivity contribution in [1.82, 2.24) is 10.1 Å². The van der Waals surface area contributed by atoms with Crippen molar-refractivity contribution in [3.8, 4) is 22.9 Å². The largest absolute Gasteiger partial charge is 0.484 e. The fourth-order valence-corrected chi connectivity index (χ4v) is 2.45. The molecule has 7 nitrogen and oxygen atoms in total. The summed E-state index contributed by atoms with van der Waals surface area (Å²) in [6, 6.07) is 12.9. The normalized spacial score (nSPS) is 10.5. The summed E-state index contributed by atoms with van der Waals surface area (Å²) >= 11 is 0. The van der Waals surface area contributed by atoms with Gasteiger partial charge in [-0.2, -0.15) is 4.98 Å². The first-order valence-corrected chi connectivity index (χ1v) is 8.05. The molecule has 0 aliphatic heterocycles. The Morgan fingerprint density at radius 3 is 2.38 bits per heavy atom. The molecule has 0 aliphatic rings. The lowest BCUT2D eigenvalue weighted by molar-refractivity contribution is -0.119. The van der Waals surface area contributed by atoms with Gasteiger partial charge < -0.3 is 19.7 Å². The van der Waals surface area contributed by atoms with Gasteiger partial charge in [-0.3, -0.25) is 4.79 Å². The van der Waals surface area contributed by atoms with Crippen molar-refractivity contribution in [3.05, 3.63) is 59.5 Å². The first-order valence-electron chi connectivity index (χ1n) is 8.05. The molecule has 26 heavy (non-hydrogen) atoms. The molecule has 1 amide bonds. The van der Waals surface area contributed by atoms with Crippen LogP contribution in [0.1, 0.15) is 17.0 Å². The van der Waals surface area contributed by atoms with Crippen molar-refractivity contribution in [1.29, 1.82) is 0 Å². The van der Waals surface area contributed by atoms with E-state index in [2.05, 4.69) is 16.2 Å². The van der Waals surface area contributed by atoms with Gasteiger partial charge in [0, 0.05) is 5.56 Å². The second kappa shape index (κ2) is 7.69. The van der Waals surface area contributed by atoms with Crippen molar-refractivity contribution in [2.75, 3.05) is 6.61 Å². The van der Waals surface area contributed by atoms with Crippen LogP contribution in [0.25, 0.3) is 11.4 Å². The van der Waals surface area contributed by atoms with E-state index in [0.717, 1.165) is 22.4 Å². The minimum Gasteiger partial charge on any atom is -0.484 e. The van der Waals surface area contributed by atoms with Gasteiger partial charge >= 0.3 is 0 Å². The minimum atomic E-state index is -0.527. The highest BCUT2D eigenvalue weighted by molar-refractivity contribution is 5.75. The Hall–Kier alpha value is -3.35. The molecule has 0 spiro atoms. The molecule has 134 valence electrons. The standard InChI is InChI=1S/C19H19N3O4/c1-12-7-13(2)9-16(8-12)25-11-18-21-19(22-26-18)14-3-5-15(6-4-14)24-10-17(20)23/h3-9H,10-11H2,1-2H3,(H2,20,23). The number of amides is 1. The molecule has 0 atom stereocenters. The monoisotopic (exact) mass is 353 g/mol. The van der Waals surface area contributed by atoms with Crippen LogP contribution in [0.5, 0.6) is 11.5 Å². The molecule has 1 heterocycles. The fourth-order valence-electron chi connectivity index (χ4n) is 2.45. The molecule has 0 bridgehead atoms. The number of carbonyl (C=O) groups is 1. The quantitative estimate of drug-likeness (QED) is 0.701. The van der Waals surface area contributed by atoms with Crippen molar-refractivity contribution in [3.63, 3.8) is 0 Å². The Labute approximate surface area is 150 Å². The van der Waals surface area contributed by atoms with Crippen molar-refractivity contribution in [2.45, 2.75) is 20.5 Å². The fraction of sp³-hybridized carbons (Fsp3) is 0.211. The second-order valence-corrected chi connectivity index (χ2v) is 5.90. The van der Waals surface area contributed by atoms with Gasteiger partial charge in [0.2, 0.25) is 5.82 Å². The number of aryl methyl sites for hydroxylation is 2. The highest BCUT2D eigenvalue weighted by atomic mass is 16.5. The van der Waals surface area contributed by atoms with Crippen LogP contribution in [0.3, 0.4) is 0 Å². The van der Waals surface area contributed by atoms with E-state index in [-0.39, 0.29) is 13.2 Å². The SMILES string of the molecule is Cc1cc(C)cc(OCc2nc(-c3ccc(OCC(N)=O)cc3)no2)c1. The number of rotatable bonds is 7. The molecule has 0 fully saturated rings. The topological polar surface area (TPSA) is 100 Å². The summed E-state index contributed by atoms with van der Waals surface area (Å²) in [5.74, 6) is 1.60. The van der Waals surface area contributed by atoms with E-state index in [9.17, 15) is 4.79 Å². The summed E-state index contributed by atoms with van der Waals surface area (Å²) in [4.78, 5) is 15.0. The average Bonchev–Trinajstić information content (AvgIpc) is 3.07. The smallest absolute Gasteiger partial charge is 0.264 e. The van der Waals surface area contributed by atoms with Crippen LogP contribution in [0.2, 0.25) is 0 Å². The predicted molar refractivity (Wildman–Crippen MR) is 94.7 cm³/mol. The third-order valence-electron chi connectivity index (χ3n) is 3.52. The number of primary amides is 1. The van der Waals surface area contributed by atoms with Crippen molar-refractivity contribution in [2.24, 2.45) is 5.73 Å². The second-order valence-electron chi connectivity index (χ2n) is 5.90. The average molecular weight is 353 g/mol. The van der Waals surface area contributed by atoms with Crippen LogP contribution >= 0.6 is 0 Å². The predicted octanol–water partition coefficient (Wildman–Crippen LogP) is 2.80. The van der Waals surface area contributed by atoms with Crippen LogP contribution in [-0.4, -0.2) is 22.7 Å². The van der Waals surface area contributed by atoms with E-state index in [1.165, 1.54) is 0 Å². The van der Waals surface area contributed by atoms with Gasteiger partial charge in [0.1, 0.15) is 11.5 Å². The molecule has 1 aromatic heterocycles. The van der Waals surface area contributed by atoms with Crippen LogP contribution in [0.15, 0.2) is 47.0 Å². The van der Waals surface area contributed by atoms with E-state index < -0.39 is 5.91 Å². The van der Waals surface area contributed by atoms with Crippen LogP contribution in [0.4, 0.5) is 0 Å². The number of hydrogen-bond acceptors (Lipinski definition) is 6. The number of carbonyl (C=O) groups excluding carboxylic acids is 1. The van der Waals surface area contributed by atoms with E-state index in [1.54, 1.807) is 24.3 Å². The van der Waals surface area contributed by atoms with E-state index in [4.69, 9.17) is 19.7 Å². The van der Waals surface area contributed by atoms with E-state index in [0.29, 0.717) is 17.5 Å². The summed E-state index contributed by atoms with van der Waals surface area (Å²) < 4.78 is 16.2. The molecule has 0 saturated heterocycles. The Morgan fingerprint density at radius 2 is 1.73 bits per heavy atom. The molecule has 0 radical (unpaired) electrons. The maximum atomic E-state index is 10.7. The molecule has 3 aromatic rings. The molecule has 0 saturated carbocycles. The first kappa shape index (κ1) is 17.5. The summed E-state index contributed by atoms with van der Waals surface area (Å²) in [5.41, 5.74) is 8.06. The Kier molecular flexibility index (Phi) is 5.17. The lowest BCUT2D eigenvalue weighted by Crippen LogP contribution is -2.19. The number of benzene rings is 2. The summed E-state index contributed by atoms with van der Waals surface area (Å²) in [7, 11) is 0. The number of nitrogens with zero attached hydrogens (tertiary/aromatic N) is 2. The van der Waals surface area contributed by atoms with Gasteiger partial charge in [-0.15, -0.1) is 0 Å². The maximum absolute atomic E-state index is 10.7. The van der Waals surface area contributed by atoms with Crippen LogP contribution in [0, 0.1) is 13.8 Å². The van der Waals surface area contributed by atoms with Gasteiger partial charge in [0.25, 0.3) is 11.8 Å². The molecule has 0 unspecified atom stereocenters. The Balaban J connectivity index is 1.63. The van der Waals surface area contributed by atoms with Gasteiger partial charge in [0.05, 0.1) is 0 Å². The van der Waals surface area contributed by atoms with Gasteiger partial charge in [-0.1, -0.05) is 11.2 Å². The third kappa shape index (κ3) is 4.60. The highest BCUT2D eigenvalue weighted by Gasteiger charge is 2.10. The van der Waals surface area contributed by atoms with Crippen molar-refractivity contribution < 1.29 is 18.8 Å². The Morgan fingerprint density at radius 1 is 1.04 bits per heavy atom. The maximum Gasteiger partial charge on any atom is 0.264 e. The third-order valence-corrected chi connectivity index (χ3v) is 3.52. The molecular formula is C19H19N3O4. The molecular weight excluding hydrogens is 334 g/mol. The molecule has 0 aliphatic carbocycles. The molecule has 3 rings (SSSR count). The zero-order chi connectivity index (χ0) is 18.5. The zero-order valence-electron chi connectivity index (χ0n) is 14.6. The van der Waals surface area contributed by atoms with Crippen LogP contribution in [-0.2, 0) is 11.4 Å². The zero-order valence-corrected chi connectivity index (χ0v) is 14.6. The number of ether oxygens (including phenoxy) is 2. The number of aromatic nitrogens is 2. The number of hydrogen-bond donors (Lipinski definition) is 1. The van der Waals surface area contributed by atoms with Gasteiger partial charge in [-0.05, 0) is 61.4 Å². The van der Waals surface area contributed by atoms with Crippen molar-refractivity contribution >= 4 is 5.91 Å². The lowest BCUT2D eigenvalue weighted by Gasteiger charge is -2.05. The van der Waals surface area contributed by atoms with E-state index >= 15 is 0 Å². The van der Waals surface area contributed by atoms with E-state index in [1.807, 2.05) is 26.0 Å². The first-order chi connectivity index (χ1) is 12.5. The van der Waals surface area contributed by atoms with Gasteiger partial charge in [-0.25, -0.2) is 0 Å². The van der Waals surface area contributed by atoms with Crippen LogP contribution < -0.4 is 15.2 Å².